The number of carbonyl (C=O) groups excluding carboxylic acids is 1. The lowest BCUT2D eigenvalue weighted by Crippen LogP contribution is -2.42. The molecule has 1 fully saturated rings. The molecule has 1 aliphatic heterocycles. The van der Waals surface area contributed by atoms with Crippen molar-refractivity contribution in [3.8, 4) is 0 Å². The van der Waals surface area contributed by atoms with E-state index in [0.717, 1.165) is 37.2 Å². The van der Waals surface area contributed by atoms with Gasteiger partial charge in [0.05, 0.1) is 0 Å². The van der Waals surface area contributed by atoms with Crippen molar-refractivity contribution >= 4 is 22.8 Å². The Kier molecular flexibility index (Phi) is 5.47. The Morgan fingerprint density at radius 2 is 1.95 bits per heavy atom. The van der Waals surface area contributed by atoms with E-state index in [1.54, 1.807) is 0 Å². The average molecular weight is 291 g/mol. The highest BCUT2D eigenvalue weighted by molar-refractivity contribution is 8.13. The fraction of sp³-hybridized carbons (Fsp3) is 0.467. The number of guanidine groups is 1. The molecule has 0 atom stereocenters. The topological polar surface area (TPSA) is 70.2 Å². The van der Waals surface area contributed by atoms with Crippen LogP contribution in [0.4, 0.5) is 0 Å². The van der Waals surface area contributed by atoms with E-state index in [2.05, 4.69) is 0 Å². The first-order chi connectivity index (χ1) is 9.65. The molecule has 1 aliphatic rings. The third kappa shape index (κ3) is 4.56. The lowest BCUT2D eigenvalue weighted by Gasteiger charge is -2.32. The summed E-state index contributed by atoms with van der Waals surface area (Å²) in [5.74, 6) is 0.755. The average Bonchev–Trinajstić information content (AvgIpc) is 2.46. The van der Waals surface area contributed by atoms with E-state index in [-0.39, 0.29) is 11.1 Å². The number of likely N-dealkylation sites (tertiary alicyclic amines) is 1. The van der Waals surface area contributed by atoms with Crippen LogP contribution >= 0.6 is 11.8 Å². The Hall–Kier alpha value is -1.49. The summed E-state index contributed by atoms with van der Waals surface area (Å²) in [5, 5.41) is 7.64. The van der Waals surface area contributed by atoms with Crippen LogP contribution in [0.1, 0.15) is 25.7 Å². The minimum absolute atomic E-state index is 0.166. The molecule has 1 aromatic carbocycles. The summed E-state index contributed by atoms with van der Waals surface area (Å²) in [6.07, 6.45) is 3.64. The maximum Gasteiger partial charge on any atom is 0.193 e. The number of carbonyl (C=O) groups is 1. The second-order valence-corrected chi connectivity index (χ2v) is 6.27. The van der Waals surface area contributed by atoms with Crippen molar-refractivity contribution in [1.29, 1.82) is 5.41 Å². The summed E-state index contributed by atoms with van der Waals surface area (Å²) in [4.78, 5) is 14.8. The van der Waals surface area contributed by atoms with E-state index in [4.69, 9.17) is 11.1 Å². The maximum atomic E-state index is 11.9. The highest BCUT2D eigenvalue weighted by atomic mass is 32.2. The van der Waals surface area contributed by atoms with Gasteiger partial charge in [-0.3, -0.25) is 10.2 Å². The van der Waals surface area contributed by atoms with Crippen LogP contribution < -0.4 is 5.73 Å². The second-order valence-electron chi connectivity index (χ2n) is 5.14. The summed E-state index contributed by atoms with van der Waals surface area (Å²) in [6.45, 7) is 1.69. The fourth-order valence-corrected chi connectivity index (χ4v) is 3.23. The van der Waals surface area contributed by atoms with Crippen molar-refractivity contribution in [2.75, 3.05) is 13.1 Å². The Morgan fingerprint density at radius 1 is 1.30 bits per heavy atom. The number of nitrogens with one attached hydrogen (secondary N) is 1. The number of thioether (sulfide) groups is 1. The van der Waals surface area contributed by atoms with Gasteiger partial charge in [-0.05, 0) is 37.3 Å². The number of nitrogens with two attached hydrogens (primary N) is 1. The Bertz CT molecular complexity index is 455. The molecule has 0 unspecified atom stereocenters. The largest absolute Gasteiger partial charge is 0.370 e. The van der Waals surface area contributed by atoms with Gasteiger partial charge in [-0.25, -0.2) is 0 Å². The smallest absolute Gasteiger partial charge is 0.193 e. The van der Waals surface area contributed by atoms with Crippen molar-refractivity contribution in [3.63, 3.8) is 0 Å². The highest BCUT2D eigenvalue weighted by Gasteiger charge is 2.20. The molecule has 0 aromatic heterocycles. The molecule has 0 spiro atoms. The quantitative estimate of drug-likeness (QED) is 0.508. The van der Waals surface area contributed by atoms with Crippen LogP contribution in [0.2, 0.25) is 0 Å². The van der Waals surface area contributed by atoms with E-state index < -0.39 is 0 Å². The van der Waals surface area contributed by atoms with Gasteiger partial charge in [0.15, 0.2) is 11.1 Å². The van der Waals surface area contributed by atoms with E-state index in [1.165, 1.54) is 11.8 Å². The van der Waals surface area contributed by atoms with Crippen molar-refractivity contribution < 1.29 is 4.79 Å². The molecule has 20 heavy (non-hydrogen) atoms. The molecule has 5 heteroatoms. The number of hydrogen-bond acceptors (Lipinski definition) is 3. The van der Waals surface area contributed by atoms with Crippen LogP contribution in [0.3, 0.4) is 0 Å². The van der Waals surface area contributed by atoms with Gasteiger partial charge in [0.25, 0.3) is 0 Å². The zero-order valence-electron chi connectivity index (χ0n) is 11.5. The summed E-state index contributed by atoms with van der Waals surface area (Å²) in [6, 6.07) is 9.79. The normalized spacial score (nSPS) is 16.1. The van der Waals surface area contributed by atoms with E-state index in [9.17, 15) is 4.79 Å². The predicted molar refractivity (Wildman–Crippen MR) is 82.8 cm³/mol. The molecule has 4 nitrogen and oxygen atoms in total. The first kappa shape index (κ1) is 14.9. The van der Waals surface area contributed by atoms with Gasteiger partial charge < -0.3 is 10.6 Å². The van der Waals surface area contributed by atoms with Crippen molar-refractivity contribution in [2.24, 2.45) is 11.7 Å². The molecule has 0 radical (unpaired) electrons. The second kappa shape index (κ2) is 7.33. The maximum absolute atomic E-state index is 11.9. The summed E-state index contributed by atoms with van der Waals surface area (Å²) in [5.41, 5.74) is 5.47. The molecular formula is C15H21N3OS. The zero-order valence-corrected chi connectivity index (χ0v) is 12.4. The molecule has 0 amide bonds. The number of benzene rings is 1. The highest BCUT2D eigenvalue weighted by Crippen LogP contribution is 2.25. The van der Waals surface area contributed by atoms with E-state index >= 15 is 0 Å². The van der Waals surface area contributed by atoms with Crippen LogP contribution in [0.5, 0.6) is 0 Å². The molecule has 108 valence electrons. The molecule has 1 saturated heterocycles. The minimum Gasteiger partial charge on any atom is -0.370 e. The third-order valence-corrected chi connectivity index (χ3v) is 4.63. The Balaban J connectivity index is 1.68. The number of nitrogens with zero attached hydrogens (tertiary/aromatic N) is 1. The summed E-state index contributed by atoms with van der Waals surface area (Å²) < 4.78 is 0. The van der Waals surface area contributed by atoms with Crippen molar-refractivity contribution in [2.45, 2.75) is 30.6 Å². The molecule has 2 rings (SSSR count). The molecule has 1 aromatic rings. The minimum atomic E-state index is 0.166. The van der Waals surface area contributed by atoms with Gasteiger partial charge >= 0.3 is 0 Å². The molecule has 0 saturated carbocycles. The number of piperidine rings is 1. The molecule has 1 heterocycles. The van der Waals surface area contributed by atoms with Gasteiger partial charge in [-0.15, -0.1) is 0 Å². The van der Waals surface area contributed by atoms with Crippen LogP contribution in [-0.4, -0.2) is 29.1 Å². The van der Waals surface area contributed by atoms with Crippen molar-refractivity contribution in [3.05, 3.63) is 30.3 Å². The SMILES string of the molecule is N=C(N)N1CCC(CCC(=O)Sc2ccccc2)CC1. The lowest BCUT2D eigenvalue weighted by molar-refractivity contribution is -0.111. The molecule has 3 N–H and O–H groups in total. The van der Waals surface area contributed by atoms with Gasteiger partial charge in [-0.2, -0.15) is 0 Å². The Labute approximate surface area is 124 Å². The van der Waals surface area contributed by atoms with Crippen molar-refractivity contribution in [1.82, 2.24) is 4.90 Å². The van der Waals surface area contributed by atoms with Gasteiger partial charge in [0.2, 0.25) is 0 Å². The van der Waals surface area contributed by atoms with Gasteiger partial charge in [0, 0.05) is 24.4 Å². The summed E-state index contributed by atoms with van der Waals surface area (Å²) in [7, 11) is 0. The van der Waals surface area contributed by atoms with E-state index in [0.29, 0.717) is 12.3 Å². The third-order valence-electron chi connectivity index (χ3n) is 3.69. The molecular weight excluding hydrogens is 270 g/mol. The first-order valence-corrected chi connectivity index (χ1v) is 7.81. The monoisotopic (exact) mass is 291 g/mol. The zero-order chi connectivity index (χ0) is 14.4. The molecule has 0 bridgehead atoms. The number of rotatable bonds is 4. The standard InChI is InChI=1S/C15H21N3OS/c16-15(17)18-10-8-12(9-11-18)6-7-14(19)20-13-4-2-1-3-5-13/h1-5,12H,6-11H2,(H3,16,17). The van der Waals surface area contributed by atoms with Crippen LogP contribution in [0.25, 0.3) is 0 Å². The lowest BCUT2D eigenvalue weighted by atomic mass is 9.92. The van der Waals surface area contributed by atoms with Crippen LogP contribution in [-0.2, 0) is 4.79 Å². The Morgan fingerprint density at radius 3 is 2.55 bits per heavy atom. The van der Waals surface area contributed by atoms with Crippen LogP contribution in [0.15, 0.2) is 35.2 Å². The predicted octanol–water partition coefficient (Wildman–Crippen LogP) is 2.69. The summed E-state index contributed by atoms with van der Waals surface area (Å²) >= 11 is 1.33. The van der Waals surface area contributed by atoms with Gasteiger partial charge in [0.1, 0.15) is 0 Å². The van der Waals surface area contributed by atoms with Gasteiger partial charge in [-0.1, -0.05) is 30.0 Å². The fourth-order valence-electron chi connectivity index (χ4n) is 2.46. The first-order valence-electron chi connectivity index (χ1n) is 7.00. The van der Waals surface area contributed by atoms with Crippen LogP contribution in [0, 0.1) is 11.3 Å². The molecule has 0 aliphatic carbocycles. The number of hydrogen-bond donors (Lipinski definition) is 2. The van der Waals surface area contributed by atoms with E-state index in [1.807, 2.05) is 35.2 Å².